The van der Waals surface area contributed by atoms with E-state index in [1.54, 1.807) is 0 Å². The Hall–Kier alpha value is -7.89. The molecule has 9 aromatic carbocycles. The van der Waals surface area contributed by atoms with Crippen LogP contribution >= 0.6 is 0 Å². The van der Waals surface area contributed by atoms with Crippen molar-refractivity contribution in [3.8, 4) is 45.3 Å². The number of hydrogen-bond acceptors (Lipinski definition) is 5. The van der Waals surface area contributed by atoms with Gasteiger partial charge in [0.2, 0.25) is 0 Å². The molecule has 0 bridgehead atoms. The van der Waals surface area contributed by atoms with E-state index in [2.05, 4.69) is 150 Å². The van der Waals surface area contributed by atoms with E-state index < -0.39 is 0 Å². The Morgan fingerprint density at radius 2 is 0.879 bits per heavy atom. The molecule has 0 unspecified atom stereocenters. The number of aromatic nitrogens is 3. The van der Waals surface area contributed by atoms with Gasteiger partial charge < -0.3 is 9.32 Å². The van der Waals surface area contributed by atoms with E-state index in [1.807, 2.05) is 60.7 Å². The Bertz CT molecular complexity index is 3210. The second kappa shape index (κ2) is 14.0. The lowest BCUT2D eigenvalue weighted by molar-refractivity contribution is 0.673. The maximum atomic E-state index is 6.85. The third-order valence-electron chi connectivity index (χ3n) is 10.9. The van der Waals surface area contributed by atoms with Crippen LogP contribution in [0.1, 0.15) is 0 Å². The lowest BCUT2D eigenvalue weighted by Crippen LogP contribution is -2.09. The van der Waals surface area contributed by atoms with Crippen LogP contribution in [0.3, 0.4) is 0 Å². The van der Waals surface area contributed by atoms with Crippen molar-refractivity contribution in [2.75, 3.05) is 4.90 Å². The van der Waals surface area contributed by atoms with E-state index in [9.17, 15) is 0 Å². The van der Waals surface area contributed by atoms with Crippen LogP contribution in [0.4, 0.5) is 17.1 Å². The summed E-state index contributed by atoms with van der Waals surface area (Å²) in [4.78, 5) is 17.5. The van der Waals surface area contributed by atoms with Gasteiger partial charge in [-0.15, -0.1) is 0 Å². The molecule has 0 aliphatic rings. The standard InChI is InChI=1S/C53H34N4O/c1-4-16-38(17-5-1)51-54-52(39-18-6-2-7-19-39)56-53(55-51)41-33-47(49-46-31-27-36-15-12-13-23-45(36)50(46)58-48(49)34-41)37-25-28-43(29-26-37)57(42-21-8-3-9-22-42)44-30-24-35-14-10-11-20-40(35)32-44/h1-34H. The third kappa shape index (κ3) is 5.94. The van der Waals surface area contributed by atoms with Gasteiger partial charge in [0.15, 0.2) is 17.5 Å². The Labute approximate surface area is 335 Å². The number of fused-ring (bicyclic) bond motifs is 6. The molecule has 0 radical (unpaired) electrons. The minimum atomic E-state index is 0.573. The lowest BCUT2D eigenvalue weighted by atomic mass is 9.95. The van der Waals surface area contributed by atoms with Crippen molar-refractivity contribution >= 4 is 60.5 Å². The molecule has 0 N–H and O–H groups in total. The van der Waals surface area contributed by atoms with Crippen molar-refractivity contribution < 1.29 is 4.42 Å². The fraction of sp³-hybridized carbons (Fsp3) is 0. The topological polar surface area (TPSA) is 55.1 Å². The van der Waals surface area contributed by atoms with Gasteiger partial charge >= 0.3 is 0 Å². The molecule has 272 valence electrons. The van der Waals surface area contributed by atoms with Gasteiger partial charge in [-0.1, -0.05) is 152 Å². The van der Waals surface area contributed by atoms with Crippen LogP contribution in [-0.2, 0) is 0 Å². The Balaban J connectivity index is 1.12. The molecule has 58 heavy (non-hydrogen) atoms. The second-order valence-electron chi connectivity index (χ2n) is 14.4. The first-order valence-corrected chi connectivity index (χ1v) is 19.4. The molecule has 0 aliphatic carbocycles. The minimum absolute atomic E-state index is 0.573. The largest absolute Gasteiger partial charge is 0.455 e. The summed E-state index contributed by atoms with van der Waals surface area (Å²) in [5, 5.41) is 6.72. The van der Waals surface area contributed by atoms with Crippen molar-refractivity contribution in [2.45, 2.75) is 0 Å². The van der Waals surface area contributed by atoms with Gasteiger partial charge in [0, 0.05) is 49.9 Å². The summed E-state index contributed by atoms with van der Waals surface area (Å²) in [7, 11) is 0. The van der Waals surface area contributed by atoms with E-state index in [0.29, 0.717) is 17.5 Å². The molecular weight excluding hydrogens is 709 g/mol. The zero-order valence-corrected chi connectivity index (χ0v) is 31.3. The maximum absolute atomic E-state index is 6.85. The van der Waals surface area contributed by atoms with Crippen LogP contribution in [0.2, 0.25) is 0 Å². The SMILES string of the molecule is c1ccc(-c2nc(-c3ccccc3)nc(-c3cc(-c4ccc(N(c5ccccc5)c5ccc6ccccc6c5)cc4)c4c(c3)oc3c5ccccc5ccc34)n2)cc1. The normalized spacial score (nSPS) is 11.4. The van der Waals surface area contributed by atoms with Crippen molar-refractivity contribution in [1.29, 1.82) is 0 Å². The van der Waals surface area contributed by atoms with Gasteiger partial charge in [-0.05, 0) is 81.9 Å². The number of benzene rings is 9. The van der Waals surface area contributed by atoms with Gasteiger partial charge in [-0.3, -0.25) is 0 Å². The molecule has 2 heterocycles. The van der Waals surface area contributed by atoms with Crippen LogP contribution in [0.5, 0.6) is 0 Å². The first kappa shape index (κ1) is 33.4. The summed E-state index contributed by atoms with van der Waals surface area (Å²) in [6.45, 7) is 0. The van der Waals surface area contributed by atoms with Gasteiger partial charge in [0.25, 0.3) is 0 Å². The zero-order chi connectivity index (χ0) is 38.4. The molecule has 0 aliphatic heterocycles. The van der Waals surface area contributed by atoms with Crippen molar-refractivity contribution in [3.05, 3.63) is 206 Å². The van der Waals surface area contributed by atoms with Gasteiger partial charge in [0.1, 0.15) is 11.2 Å². The average Bonchev–Trinajstić information content (AvgIpc) is 3.69. The molecule has 0 spiro atoms. The fourth-order valence-electron chi connectivity index (χ4n) is 8.06. The molecule has 0 saturated carbocycles. The maximum Gasteiger partial charge on any atom is 0.164 e. The summed E-state index contributed by atoms with van der Waals surface area (Å²) in [6.07, 6.45) is 0. The number of rotatable bonds is 7. The average molecular weight is 743 g/mol. The summed E-state index contributed by atoms with van der Waals surface area (Å²) in [5.74, 6) is 1.80. The monoisotopic (exact) mass is 742 g/mol. The quantitative estimate of drug-likeness (QED) is 0.163. The highest BCUT2D eigenvalue weighted by Crippen LogP contribution is 2.43. The predicted molar refractivity (Wildman–Crippen MR) is 239 cm³/mol. The van der Waals surface area contributed by atoms with Crippen molar-refractivity contribution in [1.82, 2.24) is 15.0 Å². The number of nitrogens with zero attached hydrogens (tertiary/aromatic N) is 4. The summed E-state index contributed by atoms with van der Waals surface area (Å²) in [6, 6.07) is 71.7. The molecule has 0 fully saturated rings. The molecule has 0 atom stereocenters. The van der Waals surface area contributed by atoms with Crippen LogP contribution in [0, 0.1) is 0 Å². The highest BCUT2D eigenvalue weighted by molar-refractivity contribution is 6.19. The predicted octanol–water partition coefficient (Wildman–Crippen LogP) is 14.2. The van der Waals surface area contributed by atoms with Crippen molar-refractivity contribution in [2.24, 2.45) is 0 Å². The van der Waals surface area contributed by atoms with E-state index in [1.165, 1.54) is 10.8 Å². The molecule has 2 aromatic heterocycles. The van der Waals surface area contributed by atoms with Crippen LogP contribution < -0.4 is 4.90 Å². The smallest absolute Gasteiger partial charge is 0.164 e. The minimum Gasteiger partial charge on any atom is -0.455 e. The summed E-state index contributed by atoms with van der Waals surface area (Å²) < 4.78 is 6.85. The molecule has 11 aromatic rings. The van der Waals surface area contributed by atoms with Crippen LogP contribution in [0.15, 0.2) is 211 Å². The first-order valence-electron chi connectivity index (χ1n) is 19.4. The van der Waals surface area contributed by atoms with Gasteiger partial charge in [0.05, 0.1) is 0 Å². The Kier molecular flexibility index (Phi) is 8.07. The Morgan fingerprint density at radius 1 is 0.345 bits per heavy atom. The van der Waals surface area contributed by atoms with Gasteiger partial charge in [-0.2, -0.15) is 0 Å². The zero-order valence-electron chi connectivity index (χ0n) is 31.3. The van der Waals surface area contributed by atoms with E-state index in [-0.39, 0.29) is 0 Å². The van der Waals surface area contributed by atoms with Crippen LogP contribution in [-0.4, -0.2) is 15.0 Å². The highest BCUT2D eigenvalue weighted by Gasteiger charge is 2.20. The number of para-hydroxylation sites is 1. The second-order valence-corrected chi connectivity index (χ2v) is 14.4. The lowest BCUT2D eigenvalue weighted by Gasteiger charge is -2.26. The summed E-state index contributed by atoms with van der Waals surface area (Å²) >= 11 is 0. The molecule has 5 nitrogen and oxygen atoms in total. The summed E-state index contributed by atoms with van der Waals surface area (Å²) in [5.41, 5.74) is 9.63. The van der Waals surface area contributed by atoms with Crippen molar-refractivity contribution in [3.63, 3.8) is 0 Å². The Morgan fingerprint density at radius 3 is 1.57 bits per heavy atom. The molecule has 5 heteroatoms. The van der Waals surface area contributed by atoms with E-state index in [0.717, 1.165) is 77.6 Å². The number of furan rings is 1. The number of hydrogen-bond donors (Lipinski definition) is 0. The molecule has 0 amide bonds. The first-order chi connectivity index (χ1) is 28.7. The van der Waals surface area contributed by atoms with E-state index in [4.69, 9.17) is 19.4 Å². The van der Waals surface area contributed by atoms with Crippen LogP contribution in [0.25, 0.3) is 88.8 Å². The van der Waals surface area contributed by atoms with E-state index >= 15 is 0 Å². The molecular formula is C53H34N4O. The number of anilines is 3. The van der Waals surface area contributed by atoms with Gasteiger partial charge in [-0.25, -0.2) is 15.0 Å². The fourth-order valence-corrected chi connectivity index (χ4v) is 8.06. The molecule has 0 saturated heterocycles. The molecule has 11 rings (SSSR count). The highest BCUT2D eigenvalue weighted by atomic mass is 16.3. The third-order valence-corrected chi connectivity index (χ3v) is 10.9.